The van der Waals surface area contributed by atoms with Gasteiger partial charge >= 0.3 is 0 Å². The van der Waals surface area contributed by atoms with Crippen molar-refractivity contribution in [2.24, 2.45) is 17.3 Å². The van der Waals surface area contributed by atoms with Gasteiger partial charge in [0, 0.05) is 0 Å². The fourth-order valence-electron chi connectivity index (χ4n) is 2.69. The highest BCUT2D eigenvalue weighted by atomic mass is 16.5. The molecule has 2 rings (SSSR count). The standard InChI is InChI=1S/C10H18O/c1-7(2)10-4-8(3)11-6-9(10)5-10/h7-9H,4-6H2,1-3H3/t8-,9-,10-/m1/s1. The Morgan fingerprint density at radius 2 is 2.09 bits per heavy atom. The van der Waals surface area contributed by atoms with Crippen LogP contribution in [-0.4, -0.2) is 12.7 Å². The lowest BCUT2D eigenvalue weighted by Gasteiger charge is -2.30. The van der Waals surface area contributed by atoms with E-state index in [1.165, 1.54) is 12.8 Å². The van der Waals surface area contributed by atoms with Gasteiger partial charge in [0.15, 0.2) is 0 Å². The van der Waals surface area contributed by atoms with E-state index in [1.54, 1.807) is 0 Å². The highest BCUT2D eigenvalue weighted by molar-refractivity contribution is 5.06. The van der Waals surface area contributed by atoms with Gasteiger partial charge in [0.05, 0.1) is 12.7 Å². The van der Waals surface area contributed by atoms with E-state index in [9.17, 15) is 0 Å². The zero-order valence-electron chi connectivity index (χ0n) is 7.76. The van der Waals surface area contributed by atoms with Gasteiger partial charge in [-0.05, 0) is 37.0 Å². The normalized spacial score (nSPS) is 49.1. The Balaban J connectivity index is 2.06. The summed E-state index contributed by atoms with van der Waals surface area (Å²) in [5.41, 5.74) is 0.692. The fraction of sp³-hybridized carbons (Fsp3) is 1.00. The molecule has 1 aliphatic heterocycles. The minimum atomic E-state index is 0.510. The summed E-state index contributed by atoms with van der Waals surface area (Å²) in [5.74, 6) is 1.76. The maximum Gasteiger partial charge on any atom is 0.0552 e. The van der Waals surface area contributed by atoms with E-state index in [1.807, 2.05) is 0 Å². The number of fused-ring (bicyclic) bond motifs is 1. The second-order valence-electron chi connectivity index (χ2n) is 4.64. The van der Waals surface area contributed by atoms with Crippen LogP contribution in [0.1, 0.15) is 33.6 Å². The molecular weight excluding hydrogens is 136 g/mol. The quantitative estimate of drug-likeness (QED) is 0.563. The van der Waals surface area contributed by atoms with Crippen molar-refractivity contribution < 1.29 is 4.74 Å². The Kier molecular flexibility index (Phi) is 1.54. The lowest BCUT2D eigenvalue weighted by atomic mass is 9.83. The van der Waals surface area contributed by atoms with E-state index < -0.39 is 0 Å². The topological polar surface area (TPSA) is 9.23 Å². The zero-order valence-corrected chi connectivity index (χ0v) is 7.76. The summed E-state index contributed by atoms with van der Waals surface area (Å²) in [4.78, 5) is 0. The Morgan fingerprint density at radius 3 is 2.64 bits per heavy atom. The zero-order chi connectivity index (χ0) is 8.06. The minimum Gasteiger partial charge on any atom is -0.378 e. The van der Waals surface area contributed by atoms with Crippen LogP contribution in [0.5, 0.6) is 0 Å². The van der Waals surface area contributed by atoms with Gasteiger partial charge in [0.25, 0.3) is 0 Å². The summed E-state index contributed by atoms with van der Waals surface area (Å²) < 4.78 is 5.61. The van der Waals surface area contributed by atoms with Crippen molar-refractivity contribution in [3.63, 3.8) is 0 Å². The third-order valence-electron chi connectivity index (χ3n) is 3.68. The SMILES string of the molecule is CC(C)[C@@]12C[C@@H]1CO[C@H](C)C2. The first-order chi connectivity index (χ1) is 5.15. The molecule has 0 aromatic rings. The molecule has 0 N–H and O–H groups in total. The maximum atomic E-state index is 5.61. The summed E-state index contributed by atoms with van der Waals surface area (Å²) in [6.07, 6.45) is 3.24. The van der Waals surface area contributed by atoms with Crippen LogP contribution in [0, 0.1) is 17.3 Å². The van der Waals surface area contributed by atoms with E-state index in [0.29, 0.717) is 11.5 Å². The van der Waals surface area contributed by atoms with Crippen LogP contribution >= 0.6 is 0 Å². The molecule has 1 aliphatic carbocycles. The van der Waals surface area contributed by atoms with Crippen LogP contribution in [0.25, 0.3) is 0 Å². The van der Waals surface area contributed by atoms with Gasteiger partial charge in [0.1, 0.15) is 0 Å². The molecule has 64 valence electrons. The first-order valence-electron chi connectivity index (χ1n) is 4.77. The molecule has 1 heterocycles. The number of rotatable bonds is 1. The second-order valence-corrected chi connectivity index (χ2v) is 4.64. The van der Waals surface area contributed by atoms with Crippen molar-refractivity contribution in [1.29, 1.82) is 0 Å². The van der Waals surface area contributed by atoms with Crippen LogP contribution in [0.15, 0.2) is 0 Å². The third kappa shape index (κ3) is 1.01. The molecule has 11 heavy (non-hydrogen) atoms. The molecule has 3 atom stereocenters. The van der Waals surface area contributed by atoms with Crippen LogP contribution < -0.4 is 0 Å². The maximum absolute atomic E-state index is 5.61. The molecular formula is C10H18O. The molecule has 1 heteroatoms. The van der Waals surface area contributed by atoms with Crippen molar-refractivity contribution in [1.82, 2.24) is 0 Å². The van der Waals surface area contributed by atoms with Crippen molar-refractivity contribution in [3.05, 3.63) is 0 Å². The Bertz CT molecular complexity index is 164. The first kappa shape index (κ1) is 7.60. The molecule has 1 saturated heterocycles. The van der Waals surface area contributed by atoms with E-state index in [0.717, 1.165) is 18.4 Å². The van der Waals surface area contributed by atoms with E-state index >= 15 is 0 Å². The fourth-order valence-corrected chi connectivity index (χ4v) is 2.69. The minimum absolute atomic E-state index is 0.510. The molecule has 0 aromatic heterocycles. The van der Waals surface area contributed by atoms with E-state index in [2.05, 4.69) is 20.8 Å². The molecule has 2 fully saturated rings. The van der Waals surface area contributed by atoms with Crippen molar-refractivity contribution >= 4 is 0 Å². The van der Waals surface area contributed by atoms with Crippen LogP contribution in [0.4, 0.5) is 0 Å². The first-order valence-corrected chi connectivity index (χ1v) is 4.77. The van der Waals surface area contributed by atoms with Crippen LogP contribution in [0.3, 0.4) is 0 Å². The van der Waals surface area contributed by atoms with Gasteiger partial charge in [-0.1, -0.05) is 13.8 Å². The molecule has 0 radical (unpaired) electrons. The molecule has 0 amide bonds. The lowest BCUT2D eigenvalue weighted by molar-refractivity contribution is -0.0129. The average molecular weight is 154 g/mol. The van der Waals surface area contributed by atoms with Gasteiger partial charge in [-0.2, -0.15) is 0 Å². The summed E-state index contributed by atoms with van der Waals surface area (Å²) >= 11 is 0. The van der Waals surface area contributed by atoms with E-state index in [-0.39, 0.29) is 0 Å². The highest BCUT2D eigenvalue weighted by Crippen LogP contribution is 2.63. The average Bonchev–Trinajstić information content (AvgIpc) is 2.62. The predicted octanol–water partition coefficient (Wildman–Crippen LogP) is 2.46. The smallest absolute Gasteiger partial charge is 0.0552 e. The van der Waals surface area contributed by atoms with Gasteiger partial charge in [-0.15, -0.1) is 0 Å². The molecule has 0 bridgehead atoms. The second kappa shape index (κ2) is 2.22. The van der Waals surface area contributed by atoms with Crippen molar-refractivity contribution in [2.75, 3.05) is 6.61 Å². The van der Waals surface area contributed by atoms with Gasteiger partial charge in [-0.3, -0.25) is 0 Å². The Morgan fingerprint density at radius 1 is 1.36 bits per heavy atom. The monoisotopic (exact) mass is 154 g/mol. The largest absolute Gasteiger partial charge is 0.378 e. The van der Waals surface area contributed by atoms with Crippen LogP contribution in [0.2, 0.25) is 0 Å². The predicted molar refractivity (Wildman–Crippen MR) is 45.4 cm³/mol. The number of hydrogen-bond donors (Lipinski definition) is 0. The molecule has 0 aromatic carbocycles. The highest BCUT2D eigenvalue weighted by Gasteiger charge is 2.58. The van der Waals surface area contributed by atoms with Gasteiger partial charge < -0.3 is 4.74 Å². The summed E-state index contributed by atoms with van der Waals surface area (Å²) in [6.45, 7) is 7.95. The third-order valence-corrected chi connectivity index (χ3v) is 3.68. The van der Waals surface area contributed by atoms with Crippen molar-refractivity contribution in [3.8, 4) is 0 Å². The Hall–Kier alpha value is -0.0400. The summed E-state index contributed by atoms with van der Waals surface area (Å²) in [7, 11) is 0. The summed E-state index contributed by atoms with van der Waals surface area (Å²) in [5, 5.41) is 0. The number of ether oxygens (including phenoxy) is 1. The van der Waals surface area contributed by atoms with Gasteiger partial charge in [0.2, 0.25) is 0 Å². The van der Waals surface area contributed by atoms with Crippen LogP contribution in [-0.2, 0) is 4.74 Å². The lowest BCUT2D eigenvalue weighted by Crippen LogP contribution is -2.28. The molecule has 1 saturated carbocycles. The molecule has 0 unspecified atom stereocenters. The van der Waals surface area contributed by atoms with Gasteiger partial charge in [-0.25, -0.2) is 0 Å². The Labute approximate surface area is 69.1 Å². The van der Waals surface area contributed by atoms with Crippen molar-refractivity contribution in [2.45, 2.75) is 39.7 Å². The molecule has 2 aliphatic rings. The summed E-state index contributed by atoms with van der Waals surface area (Å²) in [6, 6.07) is 0. The molecule has 1 nitrogen and oxygen atoms in total. The van der Waals surface area contributed by atoms with E-state index in [4.69, 9.17) is 4.74 Å². The number of hydrogen-bond acceptors (Lipinski definition) is 1. The molecule has 0 spiro atoms.